The number of nitrogens with one attached hydrogen (secondary N) is 4. The Kier molecular flexibility index (Phi) is 11.0. The Morgan fingerprint density at radius 2 is 1.11 bits per heavy atom. The van der Waals surface area contributed by atoms with E-state index in [9.17, 15) is 19.8 Å². The van der Waals surface area contributed by atoms with Gasteiger partial charge in [0.25, 0.3) is 0 Å². The van der Waals surface area contributed by atoms with E-state index in [1.54, 1.807) is 40.1 Å². The molecule has 6 rings (SSSR count). The molecular formula is C44H54N8O4. The monoisotopic (exact) mass is 758 g/mol. The highest BCUT2D eigenvalue weighted by molar-refractivity contribution is 5.83. The van der Waals surface area contributed by atoms with Crippen molar-refractivity contribution >= 4 is 11.8 Å². The van der Waals surface area contributed by atoms with Crippen LogP contribution in [0.4, 0.5) is 0 Å². The van der Waals surface area contributed by atoms with Crippen LogP contribution in [0.2, 0.25) is 0 Å². The van der Waals surface area contributed by atoms with E-state index in [2.05, 4.69) is 49.9 Å². The van der Waals surface area contributed by atoms with E-state index in [4.69, 9.17) is 4.98 Å². The first kappa shape index (κ1) is 40.0. The average molecular weight is 759 g/mol. The normalized spacial score (nSPS) is 14.0. The molecule has 6 aromatic rings. The molecule has 0 fully saturated rings. The lowest BCUT2D eigenvalue weighted by Crippen LogP contribution is -2.46. The second-order valence-electron chi connectivity index (χ2n) is 16.9. The van der Waals surface area contributed by atoms with E-state index in [1.165, 1.54) is 0 Å². The van der Waals surface area contributed by atoms with Crippen LogP contribution in [0.15, 0.2) is 97.6 Å². The fraction of sp³-hybridized carbons (Fsp3) is 0.364. The fourth-order valence-corrected chi connectivity index (χ4v) is 6.82. The predicted octanol–water partition coefficient (Wildman–Crippen LogP) is 7.15. The van der Waals surface area contributed by atoms with Crippen LogP contribution in [0, 0.1) is 16.2 Å². The standard InChI is InChI=1S/C44H54N8O4/c1-42(2,3)36(50-41(56)44(6,7)38(54)34-13-11-23-52(34)9)39-46-25-32(49-39)30-20-16-28(17-21-30)27-14-18-29(19-15-27)31-24-45-35(48-31)26-47-40(55)43(4,5)37(53)33-12-10-22-51(33)8/h10-25,36-38,53-54H,26H2,1-9H3,(H,45,48)(H,46,49)(H,47,55)(H,50,56). The zero-order valence-corrected chi connectivity index (χ0v) is 33.7. The molecule has 0 aliphatic heterocycles. The average Bonchev–Trinajstić information content (AvgIpc) is 4.00. The zero-order chi connectivity index (χ0) is 40.6. The third kappa shape index (κ3) is 8.12. The molecule has 294 valence electrons. The van der Waals surface area contributed by atoms with Gasteiger partial charge < -0.3 is 39.9 Å². The van der Waals surface area contributed by atoms with Crippen LogP contribution in [-0.4, -0.2) is 51.1 Å². The largest absolute Gasteiger partial charge is 0.386 e. The van der Waals surface area contributed by atoms with Gasteiger partial charge in [-0.3, -0.25) is 9.59 Å². The molecule has 3 atom stereocenters. The topological polar surface area (TPSA) is 166 Å². The summed E-state index contributed by atoms with van der Waals surface area (Å²) >= 11 is 0. The fourth-order valence-electron chi connectivity index (χ4n) is 6.82. The predicted molar refractivity (Wildman–Crippen MR) is 218 cm³/mol. The van der Waals surface area contributed by atoms with Gasteiger partial charge >= 0.3 is 0 Å². The number of carbonyl (C=O) groups is 2. The molecule has 0 radical (unpaired) electrons. The maximum Gasteiger partial charge on any atom is 0.229 e. The highest BCUT2D eigenvalue weighted by Gasteiger charge is 2.41. The van der Waals surface area contributed by atoms with E-state index in [1.807, 2.05) is 105 Å². The Hall–Kier alpha value is -5.72. The van der Waals surface area contributed by atoms with E-state index in [-0.39, 0.29) is 23.8 Å². The van der Waals surface area contributed by atoms with Gasteiger partial charge in [-0.1, -0.05) is 69.3 Å². The summed E-state index contributed by atoms with van der Waals surface area (Å²) in [6.07, 6.45) is 5.27. The first-order valence-corrected chi connectivity index (χ1v) is 18.9. The molecule has 12 heteroatoms. The van der Waals surface area contributed by atoms with Crippen LogP contribution in [0.5, 0.6) is 0 Å². The summed E-state index contributed by atoms with van der Waals surface area (Å²) in [5.74, 6) is 0.711. The number of aliphatic hydroxyl groups is 2. The Morgan fingerprint density at radius 1 is 0.661 bits per heavy atom. The number of carbonyl (C=O) groups excluding carboxylic acids is 2. The molecule has 0 aliphatic rings. The number of aryl methyl sites for hydroxylation is 2. The van der Waals surface area contributed by atoms with Crippen molar-refractivity contribution in [2.75, 3.05) is 0 Å². The Balaban J connectivity index is 1.08. The Bertz CT molecular complexity index is 2280. The summed E-state index contributed by atoms with van der Waals surface area (Å²) in [4.78, 5) is 42.7. The number of aromatic amines is 2. The number of nitrogens with zero attached hydrogens (tertiary/aromatic N) is 4. The third-order valence-electron chi connectivity index (χ3n) is 10.8. The molecule has 0 bridgehead atoms. The van der Waals surface area contributed by atoms with Gasteiger partial charge in [0.1, 0.15) is 23.9 Å². The summed E-state index contributed by atoms with van der Waals surface area (Å²) in [5.41, 5.74) is 4.51. The highest BCUT2D eigenvalue weighted by atomic mass is 16.3. The summed E-state index contributed by atoms with van der Waals surface area (Å²) < 4.78 is 3.64. The van der Waals surface area contributed by atoms with Crippen molar-refractivity contribution < 1.29 is 19.8 Å². The molecule has 6 N–H and O–H groups in total. The van der Waals surface area contributed by atoms with Crippen LogP contribution in [0.25, 0.3) is 33.6 Å². The second-order valence-corrected chi connectivity index (χ2v) is 16.9. The molecule has 4 aromatic heterocycles. The van der Waals surface area contributed by atoms with Gasteiger partial charge in [0.15, 0.2) is 0 Å². The quantitative estimate of drug-likeness (QED) is 0.0732. The number of benzene rings is 2. The smallest absolute Gasteiger partial charge is 0.229 e. The minimum Gasteiger partial charge on any atom is -0.386 e. The van der Waals surface area contributed by atoms with Gasteiger partial charge in [-0.05, 0) is 79.6 Å². The number of hydrogen-bond donors (Lipinski definition) is 6. The third-order valence-corrected chi connectivity index (χ3v) is 10.8. The maximum absolute atomic E-state index is 13.7. The SMILES string of the molecule is Cn1cccc1C(O)C(C)(C)C(=O)NCc1ncc(-c2ccc(-c3ccc(-c4cnc(C(NC(=O)C(C)(C)C(O)c5cccn5C)C(C)(C)C)[nH]4)cc3)cc2)[nH]1. The molecular weight excluding hydrogens is 705 g/mol. The van der Waals surface area contributed by atoms with Crippen molar-refractivity contribution in [3.8, 4) is 33.6 Å². The number of aliphatic hydroxyl groups excluding tert-OH is 2. The lowest BCUT2D eigenvalue weighted by atomic mass is 9.81. The summed E-state index contributed by atoms with van der Waals surface area (Å²) in [5, 5.41) is 28.2. The van der Waals surface area contributed by atoms with E-state index < -0.39 is 29.1 Å². The molecule has 3 unspecified atom stereocenters. The number of H-pyrrole nitrogens is 2. The molecule has 12 nitrogen and oxygen atoms in total. The number of rotatable bonds is 13. The van der Waals surface area contributed by atoms with Crippen molar-refractivity contribution in [3.63, 3.8) is 0 Å². The van der Waals surface area contributed by atoms with Crippen LogP contribution < -0.4 is 10.6 Å². The lowest BCUT2D eigenvalue weighted by molar-refractivity contribution is -0.138. The Morgan fingerprint density at radius 3 is 1.57 bits per heavy atom. The van der Waals surface area contributed by atoms with Crippen molar-refractivity contribution in [1.82, 2.24) is 39.7 Å². The van der Waals surface area contributed by atoms with Crippen LogP contribution in [-0.2, 0) is 30.2 Å². The maximum atomic E-state index is 13.7. The van der Waals surface area contributed by atoms with E-state index in [0.29, 0.717) is 23.0 Å². The van der Waals surface area contributed by atoms with Gasteiger partial charge in [-0.15, -0.1) is 0 Å². The molecule has 0 aliphatic carbocycles. The van der Waals surface area contributed by atoms with Gasteiger partial charge in [-0.2, -0.15) is 0 Å². The number of amides is 2. The highest BCUT2D eigenvalue weighted by Crippen LogP contribution is 2.38. The van der Waals surface area contributed by atoms with Crippen LogP contribution >= 0.6 is 0 Å². The molecule has 0 spiro atoms. The number of hydrogen-bond acceptors (Lipinski definition) is 6. The first-order valence-electron chi connectivity index (χ1n) is 18.9. The minimum absolute atomic E-state index is 0.201. The van der Waals surface area contributed by atoms with Crippen LogP contribution in [0.1, 0.15) is 89.8 Å². The molecule has 0 saturated heterocycles. The molecule has 2 amide bonds. The van der Waals surface area contributed by atoms with Crippen LogP contribution in [0.3, 0.4) is 0 Å². The summed E-state index contributed by atoms with van der Waals surface area (Å²) in [6.45, 7) is 13.3. The molecule has 56 heavy (non-hydrogen) atoms. The van der Waals surface area contributed by atoms with Crippen molar-refractivity contribution in [3.05, 3.63) is 121 Å². The van der Waals surface area contributed by atoms with Gasteiger partial charge in [0.2, 0.25) is 11.8 Å². The minimum atomic E-state index is -1.09. The number of aromatic nitrogens is 6. The summed E-state index contributed by atoms with van der Waals surface area (Å²) in [6, 6.07) is 23.3. The Labute approximate surface area is 328 Å². The summed E-state index contributed by atoms with van der Waals surface area (Å²) in [7, 11) is 3.69. The number of imidazole rings is 2. The second kappa shape index (κ2) is 15.4. The van der Waals surface area contributed by atoms with Crippen molar-refractivity contribution in [2.24, 2.45) is 30.3 Å². The van der Waals surface area contributed by atoms with E-state index >= 15 is 0 Å². The van der Waals surface area contributed by atoms with Gasteiger partial charge in [-0.25, -0.2) is 9.97 Å². The molecule has 2 aromatic carbocycles. The zero-order valence-electron chi connectivity index (χ0n) is 33.7. The van der Waals surface area contributed by atoms with Gasteiger partial charge in [0.05, 0.1) is 47.2 Å². The molecule has 0 saturated carbocycles. The van der Waals surface area contributed by atoms with Crippen molar-refractivity contribution in [2.45, 2.75) is 73.3 Å². The molecule has 4 heterocycles. The van der Waals surface area contributed by atoms with Gasteiger partial charge in [0, 0.05) is 37.9 Å². The van der Waals surface area contributed by atoms with E-state index in [0.717, 1.165) is 33.6 Å². The van der Waals surface area contributed by atoms with Crippen molar-refractivity contribution in [1.29, 1.82) is 0 Å². The first-order chi connectivity index (χ1) is 26.4. The lowest BCUT2D eigenvalue weighted by Gasteiger charge is -2.35.